The zero-order valence-corrected chi connectivity index (χ0v) is 22.3. The monoisotopic (exact) mass is 529 g/mol. The van der Waals surface area contributed by atoms with Crippen LogP contribution in [0.25, 0.3) is 16.0 Å². The first-order valence-electron chi connectivity index (χ1n) is 12.2. The maximum atomic E-state index is 13.5. The van der Waals surface area contributed by atoms with E-state index in [1.807, 2.05) is 32.9 Å². The van der Waals surface area contributed by atoms with E-state index in [0.717, 1.165) is 22.2 Å². The molecule has 1 saturated heterocycles. The summed E-state index contributed by atoms with van der Waals surface area (Å²) in [6, 6.07) is 13.2. The van der Waals surface area contributed by atoms with Gasteiger partial charge in [0.1, 0.15) is 23.3 Å². The number of nitrogens with zero attached hydrogens (tertiary/aromatic N) is 3. The van der Waals surface area contributed by atoms with Gasteiger partial charge < -0.3 is 14.6 Å². The van der Waals surface area contributed by atoms with Gasteiger partial charge in [0.15, 0.2) is 5.13 Å². The number of aryl methyl sites for hydroxylation is 2. The number of amides is 1. The summed E-state index contributed by atoms with van der Waals surface area (Å²) in [5.41, 5.74) is 3.21. The summed E-state index contributed by atoms with van der Waals surface area (Å²) in [7, 11) is 1.60. The first-order chi connectivity index (χ1) is 18.3. The maximum Gasteiger partial charge on any atom is 0.301 e. The molecule has 0 radical (unpaired) electrons. The van der Waals surface area contributed by atoms with Crippen molar-refractivity contribution in [3.05, 3.63) is 82.7 Å². The Balaban J connectivity index is 1.66. The van der Waals surface area contributed by atoms with Crippen LogP contribution in [0.2, 0.25) is 0 Å². The number of rotatable bonds is 7. The summed E-state index contributed by atoms with van der Waals surface area (Å²) in [5.74, 6) is -0.437. The number of hydrogen-bond donors (Lipinski definition) is 1. The maximum absolute atomic E-state index is 13.5. The molecule has 1 N–H and O–H groups in total. The fraction of sp³-hybridized carbons (Fsp3) is 0.241. The van der Waals surface area contributed by atoms with Crippen molar-refractivity contribution in [2.75, 3.05) is 18.6 Å². The van der Waals surface area contributed by atoms with E-state index in [4.69, 9.17) is 9.47 Å². The minimum absolute atomic E-state index is 0.0386. The lowest BCUT2D eigenvalue weighted by Crippen LogP contribution is -2.29. The van der Waals surface area contributed by atoms with Gasteiger partial charge in [0.2, 0.25) is 0 Å². The number of Topliss-reactive ketones (excluding diaryl/α,β-unsaturated/α-hetero) is 1. The van der Waals surface area contributed by atoms with Crippen LogP contribution in [-0.2, 0) is 9.59 Å². The fourth-order valence-electron chi connectivity index (χ4n) is 4.54. The fourth-order valence-corrected chi connectivity index (χ4v) is 5.55. The molecule has 1 unspecified atom stereocenters. The van der Waals surface area contributed by atoms with Crippen molar-refractivity contribution in [2.45, 2.75) is 33.2 Å². The Morgan fingerprint density at radius 3 is 2.55 bits per heavy atom. The second-order valence-electron chi connectivity index (χ2n) is 9.04. The van der Waals surface area contributed by atoms with E-state index in [-0.39, 0.29) is 11.3 Å². The van der Waals surface area contributed by atoms with Crippen molar-refractivity contribution < 1.29 is 24.2 Å². The summed E-state index contributed by atoms with van der Waals surface area (Å²) >= 11 is 1.27. The third-order valence-corrected chi connectivity index (χ3v) is 7.44. The highest BCUT2D eigenvalue weighted by molar-refractivity contribution is 7.22. The van der Waals surface area contributed by atoms with Gasteiger partial charge in [-0.3, -0.25) is 19.5 Å². The largest absolute Gasteiger partial charge is 0.507 e. The molecule has 1 amide bonds. The summed E-state index contributed by atoms with van der Waals surface area (Å²) in [6.45, 7) is 6.38. The summed E-state index contributed by atoms with van der Waals surface area (Å²) in [4.78, 5) is 37.4. The summed E-state index contributed by atoms with van der Waals surface area (Å²) < 4.78 is 12.0. The molecule has 194 valence electrons. The van der Waals surface area contributed by atoms with Crippen molar-refractivity contribution in [1.82, 2.24) is 9.97 Å². The van der Waals surface area contributed by atoms with Crippen molar-refractivity contribution in [3.8, 4) is 11.5 Å². The Labute approximate surface area is 224 Å². The van der Waals surface area contributed by atoms with E-state index < -0.39 is 17.7 Å². The Morgan fingerprint density at radius 1 is 1.08 bits per heavy atom. The molecular weight excluding hydrogens is 502 g/mol. The number of aromatic nitrogens is 2. The van der Waals surface area contributed by atoms with Gasteiger partial charge in [-0.2, -0.15) is 0 Å². The van der Waals surface area contributed by atoms with Crippen LogP contribution in [0.1, 0.15) is 41.8 Å². The van der Waals surface area contributed by atoms with Crippen molar-refractivity contribution in [3.63, 3.8) is 0 Å². The zero-order valence-electron chi connectivity index (χ0n) is 21.5. The number of anilines is 1. The molecule has 2 aromatic heterocycles. The lowest BCUT2D eigenvalue weighted by atomic mass is 9.97. The van der Waals surface area contributed by atoms with E-state index in [0.29, 0.717) is 40.0 Å². The number of pyridine rings is 1. The number of aliphatic hydroxyl groups excluding tert-OH is 1. The number of fused-ring (bicyclic) bond motifs is 1. The van der Waals surface area contributed by atoms with Gasteiger partial charge in [-0.25, -0.2) is 4.98 Å². The van der Waals surface area contributed by atoms with Gasteiger partial charge in [-0.15, -0.1) is 0 Å². The van der Waals surface area contributed by atoms with E-state index in [1.165, 1.54) is 16.2 Å². The molecule has 0 aliphatic carbocycles. The molecule has 1 fully saturated rings. The quantitative estimate of drug-likeness (QED) is 0.185. The van der Waals surface area contributed by atoms with E-state index in [2.05, 4.69) is 9.97 Å². The molecule has 1 aliphatic heterocycles. The van der Waals surface area contributed by atoms with Gasteiger partial charge in [0.05, 0.1) is 35.2 Å². The molecule has 1 aliphatic rings. The molecule has 38 heavy (non-hydrogen) atoms. The van der Waals surface area contributed by atoms with Crippen molar-refractivity contribution in [2.24, 2.45) is 0 Å². The molecule has 4 aromatic rings. The highest BCUT2D eigenvalue weighted by Gasteiger charge is 2.48. The van der Waals surface area contributed by atoms with Crippen LogP contribution in [0.4, 0.5) is 5.13 Å². The average Bonchev–Trinajstić information content (AvgIpc) is 3.44. The van der Waals surface area contributed by atoms with E-state index in [1.54, 1.807) is 49.7 Å². The Kier molecular flexibility index (Phi) is 6.86. The third-order valence-electron chi connectivity index (χ3n) is 6.42. The van der Waals surface area contributed by atoms with Gasteiger partial charge in [-0.1, -0.05) is 24.3 Å². The van der Waals surface area contributed by atoms with Gasteiger partial charge in [0, 0.05) is 11.8 Å². The van der Waals surface area contributed by atoms with Gasteiger partial charge in [-0.05, 0) is 73.9 Å². The molecule has 0 spiro atoms. The molecule has 0 bridgehead atoms. The Bertz CT molecular complexity index is 1580. The molecule has 2 aromatic carbocycles. The number of ketones is 1. The number of thiazole rings is 1. The molecular formula is C29H27N3O5S. The van der Waals surface area contributed by atoms with Crippen molar-refractivity contribution >= 4 is 44.1 Å². The zero-order chi connectivity index (χ0) is 27.0. The molecule has 5 rings (SSSR count). The van der Waals surface area contributed by atoms with Crippen LogP contribution in [0.5, 0.6) is 11.5 Å². The average molecular weight is 530 g/mol. The Hall–Kier alpha value is -4.24. The minimum Gasteiger partial charge on any atom is -0.507 e. The number of carbonyl (C=O) groups excluding carboxylic acids is 2. The molecule has 0 saturated carbocycles. The van der Waals surface area contributed by atoms with E-state index in [9.17, 15) is 14.7 Å². The molecule has 1 atom stereocenters. The van der Waals surface area contributed by atoms with Crippen LogP contribution >= 0.6 is 11.3 Å². The second kappa shape index (κ2) is 10.3. The standard InChI is InChI=1S/C29H27N3O5S/c1-5-12-37-21-10-9-18(13-16(21)2)26(33)24-25(19-8-6-7-11-30-19)32(28(35)27(24)34)29-31-20-14-17(3)22(36-4)15-23(20)38-29/h6-11,13-15,25,33H,5,12H2,1-4H3/b26-24+. The number of aliphatic hydroxyl groups is 1. The number of hydrogen-bond acceptors (Lipinski definition) is 8. The topological polar surface area (TPSA) is 102 Å². The van der Waals surface area contributed by atoms with Crippen LogP contribution in [0.3, 0.4) is 0 Å². The number of benzene rings is 2. The number of methoxy groups -OCH3 is 1. The second-order valence-corrected chi connectivity index (χ2v) is 10.0. The number of ether oxygens (including phenoxy) is 2. The van der Waals surface area contributed by atoms with Crippen molar-refractivity contribution in [1.29, 1.82) is 0 Å². The number of carbonyl (C=O) groups is 2. The molecule has 8 nitrogen and oxygen atoms in total. The SMILES string of the molecule is CCCOc1ccc(/C(O)=C2\C(=O)C(=O)N(c3nc4cc(C)c(OC)cc4s3)C2c2ccccn2)cc1C. The Morgan fingerprint density at radius 2 is 1.87 bits per heavy atom. The minimum atomic E-state index is -0.948. The normalized spacial score (nSPS) is 16.8. The van der Waals surface area contributed by atoms with Crippen LogP contribution < -0.4 is 14.4 Å². The highest BCUT2D eigenvalue weighted by Crippen LogP contribution is 2.44. The van der Waals surface area contributed by atoms with E-state index >= 15 is 0 Å². The predicted molar refractivity (Wildman–Crippen MR) is 147 cm³/mol. The van der Waals surface area contributed by atoms with Crippen LogP contribution in [0, 0.1) is 13.8 Å². The van der Waals surface area contributed by atoms with Gasteiger partial charge >= 0.3 is 5.91 Å². The van der Waals surface area contributed by atoms with Gasteiger partial charge in [0.25, 0.3) is 5.78 Å². The first kappa shape index (κ1) is 25.4. The molecule has 9 heteroatoms. The lowest BCUT2D eigenvalue weighted by Gasteiger charge is -2.22. The van der Waals surface area contributed by atoms with Crippen LogP contribution in [0.15, 0.2) is 60.3 Å². The smallest absolute Gasteiger partial charge is 0.301 e. The third kappa shape index (κ3) is 4.39. The molecule has 3 heterocycles. The predicted octanol–water partition coefficient (Wildman–Crippen LogP) is 5.73. The first-order valence-corrected chi connectivity index (χ1v) is 13.1. The summed E-state index contributed by atoms with van der Waals surface area (Å²) in [5, 5.41) is 11.8. The van der Waals surface area contributed by atoms with Crippen LogP contribution in [-0.4, -0.2) is 40.5 Å². The summed E-state index contributed by atoms with van der Waals surface area (Å²) in [6.07, 6.45) is 2.46. The highest BCUT2D eigenvalue weighted by atomic mass is 32.1. The lowest BCUT2D eigenvalue weighted by molar-refractivity contribution is -0.132.